The second kappa shape index (κ2) is 6.28. The Hall–Kier alpha value is -1.23. The lowest BCUT2D eigenvalue weighted by atomic mass is 9.98. The fourth-order valence-corrected chi connectivity index (χ4v) is 2.96. The molecule has 0 spiro atoms. The Morgan fingerprint density at radius 2 is 2.11 bits per heavy atom. The van der Waals surface area contributed by atoms with E-state index < -0.39 is 5.97 Å². The molecular weight excluding hydrogens is 312 g/mol. The van der Waals surface area contributed by atoms with Gasteiger partial charge in [0, 0.05) is 16.5 Å². The van der Waals surface area contributed by atoms with Gasteiger partial charge in [0.15, 0.2) is 11.5 Å². The van der Waals surface area contributed by atoms with E-state index in [1.165, 1.54) is 0 Å². The number of ether oxygens (including phenoxy) is 2. The highest BCUT2D eigenvalue weighted by atomic mass is 79.9. The Balaban J connectivity index is 2.28. The molecule has 0 aliphatic carbocycles. The number of rotatable bonds is 5. The van der Waals surface area contributed by atoms with E-state index in [-0.39, 0.29) is 6.42 Å². The van der Waals surface area contributed by atoms with Gasteiger partial charge < -0.3 is 14.6 Å². The van der Waals surface area contributed by atoms with Crippen LogP contribution < -0.4 is 9.47 Å². The molecule has 0 saturated carbocycles. The van der Waals surface area contributed by atoms with E-state index in [4.69, 9.17) is 14.6 Å². The normalized spacial score (nSPS) is 13.4. The van der Waals surface area contributed by atoms with Crippen LogP contribution >= 0.6 is 15.9 Å². The smallest absolute Gasteiger partial charge is 0.303 e. The highest BCUT2D eigenvalue weighted by Crippen LogP contribution is 2.41. The van der Waals surface area contributed by atoms with Crippen LogP contribution in [0.5, 0.6) is 11.5 Å². The molecule has 1 aliphatic heterocycles. The molecule has 1 N–H and O–H groups in total. The van der Waals surface area contributed by atoms with Crippen LogP contribution in [0.25, 0.3) is 0 Å². The fourth-order valence-electron chi connectivity index (χ4n) is 2.32. The summed E-state index contributed by atoms with van der Waals surface area (Å²) in [5.41, 5.74) is 2.25. The molecule has 0 saturated heterocycles. The van der Waals surface area contributed by atoms with Gasteiger partial charge in [0.1, 0.15) is 13.2 Å². The minimum absolute atomic E-state index is 0.185. The molecule has 0 fully saturated rings. The van der Waals surface area contributed by atoms with Crippen LogP contribution in [0.2, 0.25) is 0 Å². The molecule has 2 rings (SSSR count). The van der Waals surface area contributed by atoms with Gasteiger partial charge in [-0.1, -0.05) is 22.9 Å². The first-order valence-corrected chi connectivity index (χ1v) is 7.24. The molecule has 0 amide bonds. The van der Waals surface area contributed by atoms with Crippen LogP contribution in [0, 0.1) is 0 Å². The molecule has 104 valence electrons. The van der Waals surface area contributed by atoms with Crippen LogP contribution in [0.15, 0.2) is 10.5 Å². The van der Waals surface area contributed by atoms with Gasteiger partial charge in [-0.2, -0.15) is 0 Å². The highest BCUT2D eigenvalue weighted by Gasteiger charge is 2.20. The van der Waals surface area contributed by atoms with Crippen molar-refractivity contribution in [3.63, 3.8) is 0 Å². The number of hydrogen-bond donors (Lipinski definition) is 1. The molecule has 0 unspecified atom stereocenters. The van der Waals surface area contributed by atoms with Crippen LogP contribution in [0.4, 0.5) is 0 Å². The predicted octanol–water partition coefficient (Wildman–Crippen LogP) is 3.19. The third-order valence-corrected chi connectivity index (χ3v) is 3.87. The first-order valence-electron chi connectivity index (χ1n) is 6.45. The van der Waals surface area contributed by atoms with Crippen molar-refractivity contribution in [3.8, 4) is 11.5 Å². The maximum atomic E-state index is 10.6. The van der Waals surface area contributed by atoms with E-state index in [0.717, 1.165) is 39.9 Å². The Morgan fingerprint density at radius 1 is 1.37 bits per heavy atom. The zero-order valence-corrected chi connectivity index (χ0v) is 12.5. The van der Waals surface area contributed by atoms with Gasteiger partial charge >= 0.3 is 5.97 Å². The Bertz CT molecular complexity index is 485. The molecular formula is C14H17BrO4. The number of benzene rings is 1. The average molecular weight is 329 g/mol. The summed E-state index contributed by atoms with van der Waals surface area (Å²) in [6.45, 7) is 3.21. The van der Waals surface area contributed by atoms with E-state index in [0.29, 0.717) is 19.6 Å². The zero-order chi connectivity index (χ0) is 13.8. The van der Waals surface area contributed by atoms with Gasteiger partial charge in [0.2, 0.25) is 0 Å². The van der Waals surface area contributed by atoms with E-state index in [1.807, 2.05) is 6.07 Å². The van der Waals surface area contributed by atoms with Gasteiger partial charge in [-0.05, 0) is 30.9 Å². The van der Waals surface area contributed by atoms with Crippen molar-refractivity contribution in [3.05, 3.63) is 21.7 Å². The third-order valence-electron chi connectivity index (χ3n) is 3.17. The summed E-state index contributed by atoms with van der Waals surface area (Å²) in [5.74, 6) is 0.839. The number of carboxylic acid groups (broad SMARTS) is 1. The summed E-state index contributed by atoms with van der Waals surface area (Å²) in [7, 11) is 0. The summed E-state index contributed by atoms with van der Waals surface area (Å²) >= 11 is 3.55. The largest absolute Gasteiger partial charge is 0.486 e. The molecule has 4 nitrogen and oxygen atoms in total. The third kappa shape index (κ3) is 3.21. The van der Waals surface area contributed by atoms with Crippen molar-refractivity contribution < 1.29 is 19.4 Å². The molecule has 0 aromatic heterocycles. The summed E-state index contributed by atoms with van der Waals surface area (Å²) in [6.07, 6.45) is 2.38. The van der Waals surface area contributed by atoms with Crippen LogP contribution in [0.1, 0.15) is 30.9 Å². The number of fused-ring (bicyclic) bond motifs is 1. The molecule has 0 atom stereocenters. The molecule has 0 bridgehead atoms. The summed E-state index contributed by atoms with van der Waals surface area (Å²) < 4.78 is 12.3. The van der Waals surface area contributed by atoms with E-state index in [1.54, 1.807) is 0 Å². The predicted molar refractivity (Wildman–Crippen MR) is 75.1 cm³/mol. The van der Waals surface area contributed by atoms with Gasteiger partial charge in [0.25, 0.3) is 0 Å². The second-order valence-electron chi connectivity index (χ2n) is 4.44. The highest BCUT2D eigenvalue weighted by molar-refractivity contribution is 9.10. The topological polar surface area (TPSA) is 55.8 Å². The van der Waals surface area contributed by atoms with Crippen molar-refractivity contribution >= 4 is 21.9 Å². The van der Waals surface area contributed by atoms with Crippen LogP contribution in [-0.2, 0) is 17.6 Å². The lowest BCUT2D eigenvalue weighted by Gasteiger charge is -2.24. The number of halogens is 1. The standard InChI is InChI=1S/C14H17BrO4/c1-2-9-10(4-3-5-13(16)17)11(15)8-12-14(9)19-7-6-18-12/h8H,2-7H2,1H3,(H,16,17). The Labute approximate surface area is 120 Å². The lowest BCUT2D eigenvalue weighted by Crippen LogP contribution is -2.17. The van der Waals surface area contributed by atoms with Gasteiger partial charge in [-0.3, -0.25) is 4.79 Å². The monoisotopic (exact) mass is 328 g/mol. The van der Waals surface area contributed by atoms with Gasteiger partial charge in [-0.15, -0.1) is 0 Å². The number of carbonyl (C=O) groups is 1. The van der Waals surface area contributed by atoms with Crippen LogP contribution in [-0.4, -0.2) is 24.3 Å². The molecule has 1 aliphatic rings. The fraction of sp³-hybridized carbons (Fsp3) is 0.500. The summed E-state index contributed by atoms with van der Waals surface area (Å²) in [5, 5.41) is 8.72. The maximum absolute atomic E-state index is 10.6. The average Bonchev–Trinajstić information content (AvgIpc) is 2.38. The van der Waals surface area contributed by atoms with Crippen molar-refractivity contribution in [1.82, 2.24) is 0 Å². The van der Waals surface area contributed by atoms with E-state index in [2.05, 4.69) is 22.9 Å². The Morgan fingerprint density at radius 3 is 2.79 bits per heavy atom. The SMILES string of the molecule is CCc1c(CCCC(=O)O)c(Br)cc2c1OCCO2. The van der Waals surface area contributed by atoms with Crippen LogP contribution in [0.3, 0.4) is 0 Å². The van der Waals surface area contributed by atoms with Crippen molar-refractivity contribution in [2.75, 3.05) is 13.2 Å². The molecule has 1 aromatic carbocycles. The van der Waals surface area contributed by atoms with Crippen molar-refractivity contribution in [2.24, 2.45) is 0 Å². The number of carboxylic acids is 1. The lowest BCUT2D eigenvalue weighted by molar-refractivity contribution is -0.137. The zero-order valence-electron chi connectivity index (χ0n) is 10.9. The summed E-state index contributed by atoms with van der Waals surface area (Å²) in [4.78, 5) is 10.6. The van der Waals surface area contributed by atoms with E-state index >= 15 is 0 Å². The molecule has 5 heteroatoms. The quantitative estimate of drug-likeness (QED) is 0.901. The van der Waals surface area contributed by atoms with Crippen molar-refractivity contribution in [1.29, 1.82) is 0 Å². The molecule has 1 aromatic rings. The van der Waals surface area contributed by atoms with E-state index in [9.17, 15) is 4.79 Å². The maximum Gasteiger partial charge on any atom is 0.303 e. The number of aliphatic carboxylic acids is 1. The minimum atomic E-state index is -0.758. The molecule has 1 heterocycles. The second-order valence-corrected chi connectivity index (χ2v) is 5.29. The van der Waals surface area contributed by atoms with Gasteiger partial charge in [0.05, 0.1) is 0 Å². The Kier molecular flexibility index (Phi) is 4.69. The summed E-state index contributed by atoms with van der Waals surface area (Å²) in [6, 6.07) is 1.92. The van der Waals surface area contributed by atoms with Gasteiger partial charge in [-0.25, -0.2) is 0 Å². The first-order chi connectivity index (χ1) is 9.13. The minimum Gasteiger partial charge on any atom is -0.486 e. The van der Waals surface area contributed by atoms with Crippen molar-refractivity contribution in [2.45, 2.75) is 32.6 Å². The molecule has 19 heavy (non-hydrogen) atoms. The number of hydrogen-bond acceptors (Lipinski definition) is 3. The first kappa shape index (κ1) is 14.2. The molecule has 0 radical (unpaired) electrons.